The minimum absolute atomic E-state index is 0.0375. The molecule has 1 aliphatic carbocycles. The van der Waals surface area contributed by atoms with E-state index in [1.165, 1.54) is 0 Å². The van der Waals surface area contributed by atoms with E-state index in [0.29, 0.717) is 30.0 Å². The highest BCUT2D eigenvalue weighted by Crippen LogP contribution is 2.35. The molecule has 1 saturated carbocycles. The number of anilines is 1. The summed E-state index contributed by atoms with van der Waals surface area (Å²) in [5.41, 5.74) is 1.24. The second kappa shape index (κ2) is 6.98. The zero-order valence-electron chi connectivity index (χ0n) is 14.9. The first-order valence-electron chi connectivity index (χ1n) is 9.33. The Morgan fingerprint density at radius 3 is 2.59 bits per heavy atom. The Kier molecular flexibility index (Phi) is 4.65. The number of rotatable bonds is 4. The van der Waals surface area contributed by atoms with Crippen molar-refractivity contribution in [1.82, 2.24) is 14.8 Å². The summed E-state index contributed by atoms with van der Waals surface area (Å²) in [6, 6.07) is 7.01. The van der Waals surface area contributed by atoms with Crippen molar-refractivity contribution in [2.45, 2.75) is 57.2 Å². The smallest absolute Gasteiger partial charge is 0.312 e. The number of aromatic nitrogens is 3. The van der Waals surface area contributed by atoms with Crippen molar-refractivity contribution in [3.05, 3.63) is 30.1 Å². The Hall–Kier alpha value is -2.38. The maximum absolute atomic E-state index is 13.1. The molecule has 0 bridgehead atoms. The van der Waals surface area contributed by atoms with Crippen LogP contribution in [0.15, 0.2) is 24.3 Å². The number of alkyl halides is 3. The minimum atomic E-state index is -4.38. The first-order chi connectivity index (χ1) is 12.9. The van der Waals surface area contributed by atoms with Gasteiger partial charge in [-0.25, -0.2) is 9.67 Å². The van der Waals surface area contributed by atoms with Crippen molar-refractivity contribution in [3.63, 3.8) is 0 Å². The van der Waals surface area contributed by atoms with Crippen LogP contribution in [0.1, 0.15) is 50.3 Å². The molecule has 8 heteroatoms. The maximum Gasteiger partial charge on any atom is 0.408 e. The lowest BCUT2D eigenvalue weighted by molar-refractivity contribution is -0.142. The second-order valence-electron chi connectivity index (χ2n) is 7.25. The van der Waals surface area contributed by atoms with Crippen LogP contribution in [0.3, 0.4) is 0 Å². The topological polar surface area (TPSA) is 51.0 Å². The van der Waals surface area contributed by atoms with Gasteiger partial charge in [0.1, 0.15) is 6.54 Å². The van der Waals surface area contributed by atoms with E-state index in [-0.39, 0.29) is 17.6 Å². The molecule has 0 N–H and O–H groups in total. The molecule has 1 aromatic heterocycles. The van der Waals surface area contributed by atoms with Gasteiger partial charge in [0.05, 0.1) is 0 Å². The molecule has 0 radical (unpaired) electrons. The van der Waals surface area contributed by atoms with E-state index in [0.717, 1.165) is 36.8 Å². The predicted octanol–water partition coefficient (Wildman–Crippen LogP) is 4.29. The fourth-order valence-electron chi connectivity index (χ4n) is 3.94. The van der Waals surface area contributed by atoms with Crippen LogP contribution in [0.2, 0.25) is 0 Å². The van der Waals surface area contributed by atoms with Gasteiger partial charge in [0.2, 0.25) is 5.91 Å². The van der Waals surface area contributed by atoms with Gasteiger partial charge in [-0.1, -0.05) is 25.0 Å². The molecular weight excluding hydrogens is 357 g/mol. The number of nitrogens with zero attached hydrogens (tertiary/aromatic N) is 4. The maximum atomic E-state index is 13.1. The number of carbonyl (C=O) groups excluding carboxylic acids is 1. The molecule has 1 aromatic carbocycles. The van der Waals surface area contributed by atoms with Gasteiger partial charge in [-0.2, -0.15) is 18.3 Å². The first-order valence-corrected chi connectivity index (χ1v) is 9.33. The molecule has 1 aliphatic heterocycles. The Balaban J connectivity index is 1.72. The summed E-state index contributed by atoms with van der Waals surface area (Å²) in [6.45, 7) is -0.542. The highest BCUT2D eigenvalue weighted by atomic mass is 19.4. The van der Waals surface area contributed by atoms with Gasteiger partial charge in [-0.15, -0.1) is 0 Å². The van der Waals surface area contributed by atoms with Gasteiger partial charge in [0.15, 0.2) is 11.6 Å². The number of hydrogen-bond acceptors (Lipinski definition) is 3. The van der Waals surface area contributed by atoms with Crippen LogP contribution in [-0.2, 0) is 11.3 Å². The van der Waals surface area contributed by atoms with Crippen molar-refractivity contribution in [2.75, 3.05) is 11.4 Å². The summed E-state index contributed by atoms with van der Waals surface area (Å²) < 4.78 is 40.1. The van der Waals surface area contributed by atoms with E-state index in [1.807, 2.05) is 0 Å². The molecule has 5 nitrogen and oxygen atoms in total. The van der Waals surface area contributed by atoms with E-state index >= 15 is 0 Å². The third-order valence-corrected chi connectivity index (χ3v) is 5.23. The van der Waals surface area contributed by atoms with E-state index in [4.69, 9.17) is 0 Å². The lowest BCUT2D eigenvalue weighted by Gasteiger charge is -2.16. The largest absolute Gasteiger partial charge is 0.408 e. The Morgan fingerprint density at radius 2 is 1.93 bits per heavy atom. The quantitative estimate of drug-likeness (QED) is 0.797. The summed E-state index contributed by atoms with van der Waals surface area (Å²) in [5.74, 6) is 0.870. The number of carbonyl (C=O) groups is 1. The minimum Gasteiger partial charge on any atom is -0.312 e. The van der Waals surface area contributed by atoms with Gasteiger partial charge in [-0.05, 0) is 31.4 Å². The monoisotopic (exact) mass is 378 g/mol. The SMILES string of the molecule is O=C1CCCN1c1cccc(-c2nc(C3CCCC3)nn2CC(F)(F)F)c1. The summed E-state index contributed by atoms with van der Waals surface area (Å²) in [5, 5.41) is 4.20. The Morgan fingerprint density at radius 1 is 1.15 bits per heavy atom. The molecule has 27 heavy (non-hydrogen) atoms. The van der Waals surface area contributed by atoms with Gasteiger partial charge in [0.25, 0.3) is 0 Å². The average Bonchev–Trinajstić information content (AvgIpc) is 3.33. The second-order valence-corrected chi connectivity index (χ2v) is 7.25. The highest BCUT2D eigenvalue weighted by Gasteiger charge is 2.32. The van der Waals surface area contributed by atoms with Gasteiger partial charge >= 0.3 is 6.18 Å². The van der Waals surface area contributed by atoms with Gasteiger partial charge < -0.3 is 4.90 Å². The molecular formula is C19H21F3N4O. The van der Waals surface area contributed by atoms with Crippen molar-refractivity contribution in [2.24, 2.45) is 0 Å². The molecule has 0 spiro atoms. The Labute approximate surface area is 155 Å². The van der Waals surface area contributed by atoms with Crippen molar-refractivity contribution in [1.29, 1.82) is 0 Å². The molecule has 2 fully saturated rings. The fourth-order valence-corrected chi connectivity index (χ4v) is 3.94. The lowest BCUT2D eigenvalue weighted by Crippen LogP contribution is -2.23. The highest BCUT2D eigenvalue weighted by molar-refractivity contribution is 5.95. The molecule has 0 unspecified atom stereocenters. The average molecular weight is 378 g/mol. The third kappa shape index (κ3) is 3.84. The zero-order valence-corrected chi connectivity index (χ0v) is 14.9. The van der Waals surface area contributed by atoms with E-state index in [2.05, 4.69) is 10.1 Å². The van der Waals surface area contributed by atoms with Crippen molar-refractivity contribution >= 4 is 11.6 Å². The van der Waals surface area contributed by atoms with E-state index in [1.54, 1.807) is 29.2 Å². The van der Waals surface area contributed by atoms with Crippen LogP contribution in [0.5, 0.6) is 0 Å². The van der Waals surface area contributed by atoms with E-state index in [9.17, 15) is 18.0 Å². The fraction of sp³-hybridized carbons (Fsp3) is 0.526. The third-order valence-electron chi connectivity index (χ3n) is 5.23. The molecule has 2 heterocycles. The van der Waals surface area contributed by atoms with Crippen LogP contribution >= 0.6 is 0 Å². The summed E-state index contributed by atoms with van der Waals surface area (Å²) >= 11 is 0. The molecule has 144 valence electrons. The predicted molar refractivity (Wildman–Crippen MR) is 94.3 cm³/mol. The molecule has 2 aromatic rings. The molecule has 4 rings (SSSR count). The Bertz CT molecular complexity index is 840. The molecule has 1 amide bonds. The number of halogens is 3. The number of amides is 1. The van der Waals surface area contributed by atoms with Crippen molar-refractivity contribution in [3.8, 4) is 11.4 Å². The normalized spacial score (nSPS) is 18.6. The molecule has 1 saturated heterocycles. The standard InChI is InChI=1S/C19H21F3N4O/c20-19(21,22)12-26-18(23-17(24-26)13-5-1-2-6-13)14-7-3-8-15(11-14)25-10-4-9-16(25)27/h3,7-8,11,13H,1-2,4-6,9-10,12H2. The first kappa shape index (κ1) is 18.0. The molecule has 0 atom stereocenters. The lowest BCUT2D eigenvalue weighted by atomic mass is 10.1. The van der Waals surface area contributed by atoms with Crippen LogP contribution < -0.4 is 4.90 Å². The molecule has 2 aliphatic rings. The summed E-state index contributed by atoms with van der Waals surface area (Å²) in [7, 11) is 0. The van der Waals surface area contributed by atoms with Gasteiger partial charge in [0, 0.05) is 30.1 Å². The number of hydrogen-bond donors (Lipinski definition) is 0. The van der Waals surface area contributed by atoms with Crippen LogP contribution in [-0.4, -0.2) is 33.4 Å². The summed E-state index contributed by atoms with van der Waals surface area (Å²) in [6.07, 6.45) is 0.855. The van der Waals surface area contributed by atoms with Crippen LogP contribution in [0.4, 0.5) is 18.9 Å². The van der Waals surface area contributed by atoms with Crippen LogP contribution in [0, 0.1) is 0 Å². The van der Waals surface area contributed by atoms with Crippen molar-refractivity contribution < 1.29 is 18.0 Å². The van der Waals surface area contributed by atoms with E-state index < -0.39 is 12.7 Å². The zero-order chi connectivity index (χ0) is 19.0. The van der Waals surface area contributed by atoms with Crippen LogP contribution in [0.25, 0.3) is 11.4 Å². The summed E-state index contributed by atoms with van der Waals surface area (Å²) in [4.78, 5) is 18.2. The number of benzene rings is 1. The van der Waals surface area contributed by atoms with Gasteiger partial charge in [-0.3, -0.25) is 4.79 Å².